The molecule has 0 amide bonds. The predicted octanol–water partition coefficient (Wildman–Crippen LogP) is 3.80. The topological polar surface area (TPSA) is 55.8 Å². The molecule has 4 nitrogen and oxygen atoms in total. The van der Waals surface area contributed by atoms with Gasteiger partial charge in [0, 0.05) is 0 Å². The summed E-state index contributed by atoms with van der Waals surface area (Å²) in [6.07, 6.45) is -12.7. The summed E-state index contributed by atoms with van der Waals surface area (Å²) in [5, 5.41) is 0. The van der Waals surface area contributed by atoms with E-state index in [0.717, 1.165) is 20.8 Å². The van der Waals surface area contributed by atoms with Gasteiger partial charge in [-0.1, -0.05) is 0 Å². The van der Waals surface area contributed by atoms with Gasteiger partial charge in [-0.25, -0.2) is 4.57 Å². The average Bonchev–Trinajstić information content (AvgIpc) is 2.23. The Hall–Kier alpha value is -0.310. The Morgan fingerprint density at radius 2 is 1.45 bits per heavy atom. The fourth-order valence-electron chi connectivity index (χ4n) is 1.86. The largest absolute Gasteiger partial charge is 0.473 e. The molecule has 0 aliphatic carbocycles. The molecule has 0 radical (unpaired) electrons. The average molecular weight is 330 g/mol. The molecule has 0 spiro atoms. The third-order valence-corrected chi connectivity index (χ3v) is 4.64. The first-order valence-electron chi connectivity index (χ1n) is 5.38. The van der Waals surface area contributed by atoms with Gasteiger partial charge in [-0.05, 0) is 27.2 Å². The van der Waals surface area contributed by atoms with Crippen molar-refractivity contribution in [2.75, 3.05) is 0 Å². The Labute approximate surface area is 110 Å². The second kappa shape index (κ2) is 4.59. The monoisotopic (exact) mass is 330 g/mol. The van der Waals surface area contributed by atoms with Crippen LogP contribution in [-0.4, -0.2) is 28.4 Å². The molecule has 0 aromatic rings. The van der Waals surface area contributed by atoms with Crippen molar-refractivity contribution >= 4 is 7.82 Å². The van der Waals surface area contributed by atoms with Crippen molar-refractivity contribution in [3.05, 3.63) is 0 Å². The molecule has 1 fully saturated rings. The predicted molar refractivity (Wildman–Crippen MR) is 54.7 cm³/mol. The summed E-state index contributed by atoms with van der Waals surface area (Å²) in [6, 6.07) is 0. The molecule has 120 valence electrons. The molecule has 2 atom stereocenters. The fourth-order valence-corrected chi connectivity index (χ4v) is 3.47. The van der Waals surface area contributed by atoms with Crippen molar-refractivity contribution in [2.45, 2.75) is 50.7 Å². The van der Waals surface area contributed by atoms with Gasteiger partial charge < -0.3 is 4.89 Å². The highest BCUT2D eigenvalue weighted by Gasteiger charge is 2.65. The lowest BCUT2D eigenvalue weighted by Gasteiger charge is -2.37. The lowest BCUT2D eigenvalue weighted by molar-refractivity contribution is -0.295. The van der Waals surface area contributed by atoms with Crippen LogP contribution in [0.4, 0.5) is 26.3 Å². The van der Waals surface area contributed by atoms with Gasteiger partial charge in [0.2, 0.25) is 0 Å². The van der Waals surface area contributed by atoms with Crippen molar-refractivity contribution in [2.24, 2.45) is 5.92 Å². The summed E-state index contributed by atoms with van der Waals surface area (Å²) < 4.78 is 95.5. The molecule has 1 heterocycles. The van der Waals surface area contributed by atoms with E-state index in [4.69, 9.17) is 4.89 Å². The van der Waals surface area contributed by atoms with Crippen LogP contribution in [0, 0.1) is 5.92 Å². The Kier molecular flexibility index (Phi) is 4.07. The summed E-state index contributed by atoms with van der Waals surface area (Å²) in [4.78, 5) is 9.13. The molecule has 0 bridgehead atoms. The van der Waals surface area contributed by atoms with Crippen LogP contribution in [0.2, 0.25) is 0 Å². The van der Waals surface area contributed by atoms with Crippen LogP contribution in [0.1, 0.15) is 27.2 Å². The minimum absolute atomic E-state index is 0.882. The number of phosphoric acid groups is 1. The van der Waals surface area contributed by atoms with E-state index in [1.807, 2.05) is 0 Å². The second-order valence-electron chi connectivity index (χ2n) is 5.23. The van der Waals surface area contributed by atoms with Gasteiger partial charge >= 0.3 is 20.2 Å². The molecule has 2 unspecified atom stereocenters. The Morgan fingerprint density at radius 1 is 1.05 bits per heavy atom. The first-order valence-corrected chi connectivity index (χ1v) is 6.87. The van der Waals surface area contributed by atoms with Gasteiger partial charge in [0.1, 0.15) is 11.2 Å². The zero-order chi connectivity index (χ0) is 16.2. The Morgan fingerprint density at radius 3 is 1.70 bits per heavy atom. The van der Waals surface area contributed by atoms with Crippen molar-refractivity contribution in [3.8, 4) is 0 Å². The third kappa shape index (κ3) is 3.47. The van der Waals surface area contributed by atoms with E-state index < -0.39 is 43.7 Å². The van der Waals surface area contributed by atoms with E-state index in [1.54, 1.807) is 0 Å². The number of hydrogen-bond donors (Lipinski definition) is 1. The molecule has 1 rings (SSSR count). The summed E-state index contributed by atoms with van der Waals surface area (Å²) >= 11 is 0. The maximum atomic E-state index is 12.5. The van der Waals surface area contributed by atoms with Gasteiger partial charge in [-0.15, -0.1) is 0 Å². The van der Waals surface area contributed by atoms with Crippen LogP contribution in [0.15, 0.2) is 0 Å². The minimum atomic E-state index is -5.55. The van der Waals surface area contributed by atoms with Crippen molar-refractivity contribution in [3.63, 3.8) is 0 Å². The summed E-state index contributed by atoms with van der Waals surface area (Å²) in [6.45, 7) is 3.06. The Balaban J connectivity index is 3.14. The van der Waals surface area contributed by atoms with Crippen LogP contribution >= 0.6 is 7.82 Å². The van der Waals surface area contributed by atoms with Gasteiger partial charge in [-0.2, -0.15) is 26.3 Å². The summed E-state index contributed by atoms with van der Waals surface area (Å²) in [5.74, 6) is -3.68. The van der Waals surface area contributed by atoms with E-state index in [1.165, 1.54) is 0 Å². The van der Waals surface area contributed by atoms with E-state index in [2.05, 4.69) is 9.05 Å². The molecule has 1 aliphatic heterocycles. The summed E-state index contributed by atoms with van der Waals surface area (Å²) in [7, 11) is -4.68. The van der Waals surface area contributed by atoms with E-state index in [0.29, 0.717) is 0 Å². The Bertz CT molecular complexity index is 417. The van der Waals surface area contributed by atoms with Crippen LogP contribution in [0.25, 0.3) is 0 Å². The number of hydrogen-bond acceptors (Lipinski definition) is 3. The smallest absolute Gasteiger partial charge is 0.302 e. The molecule has 20 heavy (non-hydrogen) atoms. The van der Waals surface area contributed by atoms with Crippen LogP contribution in [0.3, 0.4) is 0 Å². The number of alkyl halides is 6. The standard InChI is InChI=1S/C9H13F6O4P/c1-6(2)7(3,19-20(16,17)18-6)4-5(8(10,11)12)9(13,14)15/h5H,4H2,1-3H3,(H,16,17). The van der Waals surface area contributed by atoms with Crippen molar-refractivity contribution in [1.82, 2.24) is 0 Å². The normalized spacial score (nSPS) is 34.8. The molecular formula is C9H13F6O4P. The molecule has 11 heteroatoms. The van der Waals surface area contributed by atoms with E-state index in [9.17, 15) is 30.9 Å². The molecule has 0 aromatic heterocycles. The SMILES string of the molecule is CC1(C)OP(=O)(O)OC1(C)CC(C(F)(F)F)C(F)(F)F. The lowest BCUT2D eigenvalue weighted by Crippen LogP contribution is -2.50. The highest BCUT2D eigenvalue weighted by atomic mass is 31.2. The maximum Gasteiger partial charge on any atom is 0.473 e. The molecule has 0 aromatic carbocycles. The van der Waals surface area contributed by atoms with Crippen molar-refractivity contribution in [1.29, 1.82) is 0 Å². The highest BCUT2D eigenvalue weighted by Crippen LogP contribution is 2.64. The van der Waals surface area contributed by atoms with Crippen LogP contribution in [0.5, 0.6) is 0 Å². The molecular weight excluding hydrogens is 317 g/mol. The molecule has 0 saturated carbocycles. The quantitative estimate of drug-likeness (QED) is 0.618. The molecule has 1 aliphatic rings. The van der Waals surface area contributed by atoms with Crippen molar-refractivity contribution < 1.29 is 44.8 Å². The molecule has 1 N–H and O–H groups in total. The third-order valence-electron chi connectivity index (χ3n) is 3.32. The first-order chi connectivity index (χ1) is 8.50. The fraction of sp³-hybridized carbons (Fsp3) is 1.00. The maximum absolute atomic E-state index is 12.5. The highest BCUT2D eigenvalue weighted by molar-refractivity contribution is 7.47. The van der Waals surface area contributed by atoms with E-state index in [-0.39, 0.29) is 0 Å². The second-order valence-corrected chi connectivity index (χ2v) is 6.53. The number of phosphoric ester groups is 1. The van der Waals surface area contributed by atoms with E-state index >= 15 is 0 Å². The van der Waals surface area contributed by atoms with Gasteiger partial charge in [0.05, 0.1) is 0 Å². The van der Waals surface area contributed by atoms with Gasteiger partial charge in [0.25, 0.3) is 0 Å². The van der Waals surface area contributed by atoms with Crippen LogP contribution < -0.4 is 0 Å². The summed E-state index contributed by atoms with van der Waals surface area (Å²) in [5.41, 5.74) is -4.00. The van der Waals surface area contributed by atoms with Gasteiger partial charge in [-0.3, -0.25) is 9.05 Å². The molecule has 1 saturated heterocycles. The first kappa shape index (κ1) is 17.7. The number of halogens is 6. The van der Waals surface area contributed by atoms with Gasteiger partial charge in [0.15, 0.2) is 5.92 Å². The number of rotatable bonds is 2. The zero-order valence-corrected chi connectivity index (χ0v) is 11.6. The lowest BCUT2D eigenvalue weighted by atomic mass is 9.80. The zero-order valence-electron chi connectivity index (χ0n) is 10.7. The minimum Gasteiger partial charge on any atom is -0.302 e. The van der Waals surface area contributed by atoms with Crippen LogP contribution in [-0.2, 0) is 13.6 Å².